The number of carbonyl (C=O) groups is 2. The minimum atomic E-state index is -0.423. The fourth-order valence-electron chi connectivity index (χ4n) is 1.90. The first-order valence-corrected chi connectivity index (χ1v) is 5.47. The zero-order chi connectivity index (χ0) is 12.4. The SMILES string of the molecule is NCc1cc(N2C(=O)CCCC2=O)ccc1F. The number of halogens is 1. The zero-order valence-corrected chi connectivity index (χ0v) is 9.28. The molecule has 1 aromatic carbocycles. The summed E-state index contributed by atoms with van der Waals surface area (Å²) in [6.07, 6.45) is 1.28. The molecule has 5 heteroatoms. The van der Waals surface area contributed by atoms with Crippen LogP contribution in [0.4, 0.5) is 10.1 Å². The van der Waals surface area contributed by atoms with Crippen LogP contribution in [0.5, 0.6) is 0 Å². The van der Waals surface area contributed by atoms with Gasteiger partial charge in [-0.05, 0) is 24.6 Å². The highest BCUT2D eigenvalue weighted by Gasteiger charge is 2.27. The Bertz CT molecular complexity index is 458. The van der Waals surface area contributed by atoms with Crippen LogP contribution in [0.3, 0.4) is 0 Å². The van der Waals surface area contributed by atoms with E-state index in [0.717, 1.165) is 4.90 Å². The Balaban J connectivity index is 2.38. The van der Waals surface area contributed by atoms with Gasteiger partial charge in [-0.2, -0.15) is 0 Å². The van der Waals surface area contributed by atoms with Crippen LogP contribution in [-0.4, -0.2) is 11.8 Å². The fourth-order valence-corrected chi connectivity index (χ4v) is 1.90. The second kappa shape index (κ2) is 4.63. The molecule has 17 heavy (non-hydrogen) atoms. The quantitative estimate of drug-likeness (QED) is 0.788. The fraction of sp³-hybridized carbons (Fsp3) is 0.333. The van der Waals surface area contributed by atoms with Gasteiger partial charge >= 0.3 is 0 Å². The number of nitrogens with zero attached hydrogens (tertiary/aromatic N) is 1. The summed E-state index contributed by atoms with van der Waals surface area (Å²) in [5.74, 6) is -0.903. The molecule has 1 aliphatic heterocycles. The van der Waals surface area contributed by atoms with Gasteiger partial charge in [0.1, 0.15) is 5.82 Å². The van der Waals surface area contributed by atoms with Crippen molar-refractivity contribution in [2.45, 2.75) is 25.8 Å². The van der Waals surface area contributed by atoms with Crippen LogP contribution in [0.25, 0.3) is 0 Å². The van der Waals surface area contributed by atoms with Crippen LogP contribution in [0, 0.1) is 5.82 Å². The molecule has 90 valence electrons. The van der Waals surface area contributed by atoms with Gasteiger partial charge in [0.2, 0.25) is 11.8 Å². The van der Waals surface area contributed by atoms with E-state index in [2.05, 4.69) is 0 Å². The molecule has 0 radical (unpaired) electrons. The summed E-state index contributed by atoms with van der Waals surface area (Å²) in [5, 5.41) is 0. The standard InChI is InChI=1S/C12H13FN2O2/c13-10-5-4-9(6-8(10)7-14)15-11(16)2-1-3-12(15)17/h4-6H,1-3,7,14H2. The van der Waals surface area contributed by atoms with Crippen LogP contribution in [-0.2, 0) is 16.1 Å². The van der Waals surface area contributed by atoms with E-state index in [1.165, 1.54) is 18.2 Å². The molecular formula is C12H13FN2O2. The molecule has 4 nitrogen and oxygen atoms in total. The van der Waals surface area contributed by atoms with Crippen molar-refractivity contribution < 1.29 is 14.0 Å². The van der Waals surface area contributed by atoms with E-state index in [1.807, 2.05) is 0 Å². The lowest BCUT2D eigenvalue weighted by Crippen LogP contribution is -2.40. The van der Waals surface area contributed by atoms with Crippen molar-refractivity contribution >= 4 is 17.5 Å². The maximum atomic E-state index is 13.3. The first-order valence-electron chi connectivity index (χ1n) is 5.47. The molecule has 0 bridgehead atoms. The Morgan fingerprint density at radius 2 is 1.88 bits per heavy atom. The Labute approximate surface area is 98.2 Å². The van der Waals surface area contributed by atoms with E-state index >= 15 is 0 Å². The maximum absolute atomic E-state index is 13.3. The Morgan fingerprint density at radius 3 is 2.47 bits per heavy atom. The van der Waals surface area contributed by atoms with E-state index < -0.39 is 5.82 Å². The van der Waals surface area contributed by atoms with Gasteiger partial charge in [0.25, 0.3) is 0 Å². The van der Waals surface area contributed by atoms with Crippen molar-refractivity contribution in [2.75, 3.05) is 4.90 Å². The molecule has 1 aromatic rings. The number of hydrogen-bond donors (Lipinski definition) is 1. The summed E-state index contributed by atoms with van der Waals surface area (Å²) in [6.45, 7) is 0.0376. The third-order valence-electron chi connectivity index (χ3n) is 2.79. The number of amides is 2. The summed E-state index contributed by atoms with van der Waals surface area (Å²) in [7, 11) is 0. The van der Waals surface area contributed by atoms with Gasteiger partial charge in [-0.15, -0.1) is 0 Å². The number of nitrogens with two attached hydrogens (primary N) is 1. The lowest BCUT2D eigenvalue weighted by atomic mass is 10.1. The zero-order valence-electron chi connectivity index (χ0n) is 9.28. The van der Waals surface area contributed by atoms with Crippen molar-refractivity contribution in [3.8, 4) is 0 Å². The summed E-state index contributed by atoms with van der Waals surface area (Å²) in [4.78, 5) is 24.5. The molecule has 1 fully saturated rings. The third kappa shape index (κ3) is 2.19. The van der Waals surface area contributed by atoms with Gasteiger partial charge in [0, 0.05) is 24.9 Å². The highest BCUT2D eigenvalue weighted by atomic mass is 19.1. The Kier molecular flexibility index (Phi) is 3.19. The molecule has 2 N–H and O–H groups in total. The summed E-state index contributed by atoms with van der Waals surface area (Å²) in [5.41, 5.74) is 6.09. The van der Waals surface area contributed by atoms with Crippen LogP contribution < -0.4 is 10.6 Å². The Morgan fingerprint density at radius 1 is 1.24 bits per heavy atom. The van der Waals surface area contributed by atoms with Crippen LogP contribution >= 0.6 is 0 Å². The van der Waals surface area contributed by atoms with Crippen molar-refractivity contribution in [3.05, 3.63) is 29.6 Å². The van der Waals surface area contributed by atoms with Crippen LogP contribution in [0.15, 0.2) is 18.2 Å². The van der Waals surface area contributed by atoms with E-state index in [4.69, 9.17) is 5.73 Å². The van der Waals surface area contributed by atoms with Gasteiger partial charge in [-0.3, -0.25) is 14.5 Å². The molecule has 1 saturated heterocycles. The lowest BCUT2D eigenvalue weighted by Gasteiger charge is -2.25. The molecule has 1 aliphatic rings. The van der Waals surface area contributed by atoms with E-state index in [9.17, 15) is 14.0 Å². The van der Waals surface area contributed by atoms with Crippen molar-refractivity contribution in [3.63, 3.8) is 0 Å². The minimum Gasteiger partial charge on any atom is -0.326 e. The van der Waals surface area contributed by atoms with E-state index in [1.54, 1.807) is 0 Å². The number of imide groups is 1. The van der Waals surface area contributed by atoms with Crippen LogP contribution in [0.1, 0.15) is 24.8 Å². The number of benzene rings is 1. The molecule has 0 atom stereocenters. The molecule has 0 aliphatic carbocycles. The van der Waals surface area contributed by atoms with Gasteiger partial charge in [0.15, 0.2) is 0 Å². The number of anilines is 1. The molecule has 2 rings (SSSR count). The second-order valence-corrected chi connectivity index (χ2v) is 3.96. The average Bonchev–Trinajstić information content (AvgIpc) is 2.31. The average molecular weight is 236 g/mol. The van der Waals surface area contributed by atoms with Gasteiger partial charge < -0.3 is 5.73 Å². The first-order chi connectivity index (χ1) is 8.13. The highest BCUT2D eigenvalue weighted by molar-refractivity contribution is 6.16. The number of rotatable bonds is 2. The smallest absolute Gasteiger partial charge is 0.233 e. The largest absolute Gasteiger partial charge is 0.326 e. The summed E-state index contributed by atoms with van der Waals surface area (Å²) >= 11 is 0. The molecule has 1 heterocycles. The molecule has 0 spiro atoms. The van der Waals surface area contributed by atoms with Gasteiger partial charge in [-0.1, -0.05) is 0 Å². The van der Waals surface area contributed by atoms with E-state index in [-0.39, 0.29) is 18.4 Å². The summed E-state index contributed by atoms with van der Waals surface area (Å²) in [6, 6.07) is 4.11. The highest BCUT2D eigenvalue weighted by Crippen LogP contribution is 2.24. The predicted octanol–water partition coefficient (Wildman–Crippen LogP) is 1.33. The maximum Gasteiger partial charge on any atom is 0.233 e. The lowest BCUT2D eigenvalue weighted by molar-refractivity contribution is -0.129. The normalized spacial score (nSPS) is 16.5. The number of carbonyl (C=O) groups excluding carboxylic acids is 2. The molecule has 2 amide bonds. The predicted molar refractivity (Wildman–Crippen MR) is 60.6 cm³/mol. The minimum absolute atomic E-state index is 0.0376. The van der Waals surface area contributed by atoms with Crippen LogP contribution in [0.2, 0.25) is 0 Å². The Hall–Kier alpha value is -1.75. The second-order valence-electron chi connectivity index (χ2n) is 3.96. The number of piperidine rings is 1. The third-order valence-corrected chi connectivity index (χ3v) is 2.79. The van der Waals surface area contributed by atoms with Crippen molar-refractivity contribution in [2.24, 2.45) is 5.73 Å². The summed E-state index contributed by atoms with van der Waals surface area (Å²) < 4.78 is 13.3. The van der Waals surface area contributed by atoms with E-state index in [0.29, 0.717) is 30.5 Å². The molecule has 0 aromatic heterocycles. The van der Waals surface area contributed by atoms with Crippen molar-refractivity contribution in [1.82, 2.24) is 0 Å². The molecular weight excluding hydrogens is 223 g/mol. The first kappa shape index (κ1) is 11.7. The monoisotopic (exact) mass is 236 g/mol. The molecule has 0 unspecified atom stereocenters. The number of hydrogen-bond acceptors (Lipinski definition) is 3. The van der Waals surface area contributed by atoms with Gasteiger partial charge in [-0.25, -0.2) is 4.39 Å². The molecule has 0 saturated carbocycles. The topological polar surface area (TPSA) is 63.4 Å². The van der Waals surface area contributed by atoms with Gasteiger partial charge in [0.05, 0.1) is 5.69 Å². The van der Waals surface area contributed by atoms with Crippen molar-refractivity contribution in [1.29, 1.82) is 0 Å².